The Morgan fingerprint density at radius 2 is 2.35 bits per heavy atom. The van der Waals surface area contributed by atoms with Crippen LogP contribution in [0.5, 0.6) is 0 Å². The topological polar surface area (TPSA) is 103 Å². The number of aromatic nitrogens is 1. The predicted octanol–water partition coefficient (Wildman–Crippen LogP) is 1.27. The lowest BCUT2D eigenvalue weighted by molar-refractivity contribution is -0.384. The first kappa shape index (κ1) is 13.2. The highest BCUT2D eigenvalue weighted by atomic mass is 16.6. The maximum Gasteiger partial charge on any atom is 0.311 e. The first-order valence-corrected chi connectivity index (χ1v) is 5.18. The highest BCUT2D eigenvalue weighted by Gasteiger charge is 2.12. The van der Waals surface area contributed by atoms with Crippen molar-refractivity contribution in [2.24, 2.45) is 5.92 Å². The fraction of sp³-hybridized carbons (Fsp3) is 0.500. The van der Waals surface area contributed by atoms with E-state index in [2.05, 4.69) is 10.3 Å². The van der Waals surface area contributed by atoms with Gasteiger partial charge in [0.15, 0.2) is 0 Å². The molecule has 0 saturated carbocycles. The molecule has 0 bridgehead atoms. The van der Waals surface area contributed by atoms with Crippen LogP contribution in [-0.2, 0) is 4.74 Å². The molecule has 1 heterocycles. The summed E-state index contributed by atoms with van der Waals surface area (Å²) < 4.78 is 4.99. The second-order valence-electron chi connectivity index (χ2n) is 3.80. The standard InChI is InChI=1S/C10H16N4O3/c1-7(6-17-2)5-12-9-4-3-8(14(15)16)10(11)13-9/h3-4,7H,5-6H2,1-2H3,(H3,11,12,13). The lowest BCUT2D eigenvalue weighted by Crippen LogP contribution is -2.16. The van der Waals surface area contributed by atoms with Gasteiger partial charge in [0.1, 0.15) is 5.82 Å². The first-order chi connectivity index (χ1) is 8.04. The monoisotopic (exact) mass is 240 g/mol. The minimum Gasteiger partial charge on any atom is -0.384 e. The number of nitrogens with two attached hydrogens (primary N) is 1. The third-order valence-electron chi connectivity index (χ3n) is 2.18. The summed E-state index contributed by atoms with van der Waals surface area (Å²) in [5.74, 6) is 0.758. The number of nitro groups is 1. The van der Waals surface area contributed by atoms with Crippen LogP contribution < -0.4 is 11.1 Å². The molecule has 94 valence electrons. The lowest BCUT2D eigenvalue weighted by atomic mass is 10.2. The van der Waals surface area contributed by atoms with E-state index >= 15 is 0 Å². The van der Waals surface area contributed by atoms with Gasteiger partial charge in [0.25, 0.3) is 0 Å². The molecule has 7 nitrogen and oxygen atoms in total. The molecule has 0 spiro atoms. The van der Waals surface area contributed by atoms with E-state index in [0.29, 0.717) is 24.9 Å². The Balaban J connectivity index is 2.62. The fourth-order valence-electron chi connectivity index (χ4n) is 1.34. The van der Waals surface area contributed by atoms with Crippen molar-refractivity contribution in [1.29, 1.82) is 0 Å². The summed E-state index contributed by atoms with van der Waals surface area (Å²) in [4.78, 5) is 13.9. The van der Waals surface area contributed by atoms with Gasteiger partial charge in [-0.05, 0) is 12.0 Å². The Bertz CT molecular complexity index is 397. The Morgan fingerprint density at radius 3 is 2.88 bits per heavy atom. The van der Waals surface area contributed by atoms with Crippen LogP contribution in [0.4, 0.5) is 17.3 Å². The van der Waals surface area contributed by atoms with Crippen molar-refractivity contribution in [3.05, 3.63) is 22.2 Å². The first-order valence-electron chi connectivity index (χ1n) is 5.18. The maximum atomic E-state index is 10.5. The molecular weight excluding hydrogens is 224 g/mol. The quantitative estimate of drug-likeness (QED) is 0.573. The molecule has 1 unspecified atom stereocenters. The van der Waals surface area contributed by atoms with Crippen LogP contribution in [0, 0.1) is 16.0 Å². The average Bonchev–Trinajstić information content (AvgIpc) is 2.26. The molecule has 0 radical (unpaired) electrons. The van der Waals surface area contributed by atoms with Crippen molar-refractivity contribution in [3.63, 3.8) is 0 Å². The van der Waals surface area contributed by atoms with E-state index in [1.807, 2.05) is 6.92 Å². The number of nitrogens with zero attached hydrogens (tertiary/aromatic N) is 2. The molecule has 1 atom stereocenters. The largest absolute Gasteiger partial charge is 0.384 e. The van der Waals surface area contributed by atoms with Gasteiger partial charge in [0.2, 0.25) is 5.82 Å². The zero-order chi connectivity index (χ0) is 12.8. The summed E-state index contributed by atoms with van der Waals surface area (Å²) in [7, 11) is 1.64. The smallest absolute Gasteiger partial charge is 0.311 e. The van der Waals surface area contributed by atoms with Crippen LogP contribution in [0.15, 0.2) is 12.1 Å². The highest BCUT2D eigenvalue weighted by molar-refractivity contribution is 5.57. The second kappa shape index (κ2) is 6.00. The Morgan fingerprint density at radius 1 is 1.65 bits per heavy atom. The number of nitrogen functional groups attached to an aromatic ring is 1. The molecular formula is C10H16N4O3. The molecule has 7 heteroatoms. The minimum absolute atomic E-state index is 0.0839. The maximum absolute atomic E-state index is 10.5. The van der Waals surface area contributed by atoms with Crippen molar-refractivity contribution in [2.45, 2.75) is 6.92 Å². The van der Waals surface area contributed by atoms with Gasteiger partial charge < -0.3 is 15.8 Å². The van der Waals surface area contributed by atoms with Gasteiger partial charge in [-0.3, -0.25) is 10.1 Å². The number of ether oxygens (including phenoxy) is 1. The van der Waals surface area contributed by atoms with Crippen LogP contribution in [0.25, 0.3) is 0 Å². The summed E-state index contributed by atoms with van der Waals surface area (Å²) in [5, 5.41) is 13.6. The predicted molar refractivity (Wildman–Crippen MR) is 64.8 cm³/mol. The van der Waals surface area contributed by atoms with E-state index in [0.717, 1.165) is 0 Å². The van der Waals surface area contributed by atoms with Crippen molar-refractivity contribution < 1.29 is 9.66 Å². The number of anilines is 2. The molecule has 1 aromatic rings. The normalized spacial score (nSPS) is 12.1. The minimum atomic E-state index is -0.556. The molecule has 0 aliphatic carbocycles. The molecule has 3 N–H and O–H groups in total. The highest BCUT2D eigenvalue weighted by Crippen LogP contribution is 2.20. The van der Waals surface area contributed by atoms with Gasteiger partial charge in [-0.15, -0.1) is 0 Å². The molecule has 0 saturated heterocycles. The molecule has 0 aliphatic rings. The van der Waals surface area contributed by atoms with Crippen LogP contribution in [0.2, 0.25) is 0 Å². The van der Waals surface area contributed by atoms with Crippen LogP contribution in [0.3, 0.4) is 0 Å². The lowest BCUT2D eigenvalue weighted by Gasteiger charge is -2.11. The van der Waals surface area contributed by atoms with Crippen molar-refractivity contribution in [1.82, 2.24) is 4.98 Å². The van der Waals surface area contributed by atoms with E-state index in [1.54, 1.807) is 7.11 Å². The summed E-state index contributed by atoms with van der Waals surface area (Å²) in [6, 6.07) is 2.87. The van der Waals surface area contributed by atoms with E-state index in [4.69, 9.17) is 10.5 Å². The van der Waals surface area contributed by atoms with Gasteiger partial charge in [-0.1, -0.05) is 6.92 Å². The molecule has 0 aliphatic heterocycles. The third kappa shape index (κ3) is 3.87. The fourth-order valence-corrected chi connectivity index (χ4v) is 1.34. The summed E-state index contributed by atoms with van der Waals surface area (Å²) >= 11 is 0. The summed E-state index contributed by atoms with van der Waals surface area (Å²) in [6.07, 6.45) is 0. The number of nitrogens with one attached hydrogen (secondary N) is 1. The van der Waals surface area contributed by atoms with Crippen LogP contribution in [0.1, 0.15) is 6.92 Å². The number of hydrogen-bond acceptors (Lipinski definition) is 6. The Kier molecular flexibility index (Phi) is 4.65. The van der Waals surface area contributed by atoms with E-state index in [9.17, 15) is 10.1 Å². The molecule has 1 aromatic heterocycles. The third-order valence-corrected chi connectivity index (χ3v) is 2.18. The number of rotatable bonds is 6. The number of hydrogen-bond donors (Lipinski definition) is 2. The van der Waals surface area contributed by atoms with E-state index in [1.165, 1.54) is 12.1 Å². The number of pyridine rings is 1. The summed E-state index contributed by atoms with van der Waals surface area (Å²) in [6.45, 7) is 3.32. The Labute approximate surface area is 99.1 Å². The van der Waals surface area contributed by atoms with E-state index < -0.39 is 4.92 Å². The van der Waals surface area contributed by atoms with Crippen molar-refractivity contribution in [3.8, 4) is 0 Å². The van der Waals surface area contributed by atoms with Gasteiger partial charge in [0, 0.05) is 19.7 Å². The molecule has 17 heavy (non-hydrogen) atoms. The Hall–Kier alpha value is -1.89. The van der Waals surface area contributed by atoms with Crippen molar-refractivity contribution in [2.75, 3.05) is 31.3 Å². The van der Waals surface area contributed by atoms with E-state index in [-0.39, 0.29) is 11.5 Å². The number of methoxy groups -OCH3 is 1. The van der Waals surface area contributed by atoms with Crippen LogP contribution >= 0.6 is 0 Å². The van der Waals surface area contributed by atoms with Gasteiger partial charge in [0.05, 0.1) is 11.5 Å². The van der Waals surface area contributed by atoms with Gasteiger partial charge in [-0.2, -0.15) is 0 Å². The molecule has 0 aromatic carbocycles. The van der Waals surface area contributed by atoms with Gasteiger partial charge in [-0.25, -0.2) is 4.98 Å². The zero-order valence-electron chi connectivity index (χ0n) is 9.84. The molecule has 0 amide bonds. The molecule has 0 fully saturated rings. The second-order valence-corrected chi connectivity index (χ2v) is 3.80. The van der Waals surface area contributed by atoms with Crippen molar-refractivity contribution >= 4 is 17.3 Å². The molecule has 1 rings (SSSR count). The zero-order valence-corrected chi connectivity index (χ0v) is 9.84. The SMILES string of the molecule is COCC(C)CNc1ccc([N+](=O)[O-])c(N)n1. The van der Waals surface area contributed by atoms with Gasteiger partial charge >= 0.3 is 5.69 Å². The van der Waals surface area contributed by atoms with Crippen LogP contribution in [-0.4, -0.2) is 30.2 Å². The average molecular weight is 240 g/mol. The summed E-state index contributed by atoms with van der Waals surface area (Å²) in [5.41, 5.74) is 5.29.